The first-order valence-corrected chi connectivity index (χ1v) is 9.53. The molecule has 0 aromatic heterocycles. The van der Waals surface area contributed by atoms with Crippen molar-refractivity contribution in [2.45, 2.75) is 32.1 Å². The van der Waals surface area contributed by atoms with Gasteiger partial charge in [-0.3, -0.25) is 4.79 Å². The maximum atomic E-state index is 12.6. The van der Waals surface area contributed by atoms with Crippen LogP contribution in [0.2, 0.25) is 5.02 Å². The molecule has 130 valence electrons. The number of carbonyl (C=O) groups is 1. The number of hydrogen-bond donors (Lipinski definition) is 1. The average molecular weight is 366 g/mol. The molecule has 24 heavy (non-hydrogen) atoms. The van der Waals surface area contributed by atoms with E-state index in [9.17, 15) is 4.79 Å². The van der Waals surface area contributed by atoms with Crippen molar-refractivity contribution in [1.82, 2.24) is 9.80 Å². The molecule has 1 saturated carbocycles. The SMILES string of the molecule is O=C(C1CCCCC1)N1CCN(C(=S)Nc2ccccc2Cl)CC1. The summed E-state index contributed by atoms with van der Waals surface area (Å²) in [4.78, 5) is 16.7. The van der Waals surface area contributed by atoms with Gasteiger partial charge in [-0.05, 0) is 37.2 Å². The van der Waals surface area contributed by atoms with Crippen molar-refractivity contribution in [3.8, 4) is 0 Å². The van der Waals surface area contributed by atoms with Gasteiger partial charge in [-0.2, -0.15) is 0 Å². The Bertz CT molecular complexity index is 596. The van der Waals surface area contributed by atoms with Crippen LogP contribution in [0.1, 0.15) is 32.1 Å². The quantitative estimate of drug-likeness (QED) is 0.809. The van der Waals surface area contributed by atoms with Gasteiger partial charge in [-0.25, -0.2) is 0 Å². The monoisotopic (exact) mass is 365 g/mol. The Labute approximate surface area is 154 Å². The van der Waals surface area contributed by atoms with Gasteiger partial charge in [0.2, 0.25) is 5.91 Å². The Morgan fingerprint density at radius 3 is 2.33 bits per heavy atom. The van der Waals surface area contributed by atoms with E-state index in [0.717, 1.165) is 44.7 Å². The standard InChI is InChI=1S/C18H24ClN3OS/c19-15-8-4-5-9-16(15)20-18(24)22-12-10-21(11-13-22)17(23)14-6-2-1-3-7-14/h4-5,8-9,14H,1-3,6-7,10-13H2,(H,20,24). The number of thiocarbonyl (C=S) groups is 1. The van der Waals surface area contributed by atoms with Crippen molar-refractivity contribution in [1.29, 1.82) is 0 Å². The summed E-state index contributed by atoms with van der Waals surface area (Å²) >= 11 is 11.7. The van der Waals surface area contributed by atoms with E-state index in [1.54, 1.807) is 0 Å². The average Bonchev–Trinajstić information content (AvgIpc) is 2.64. The summed E-state index contributed by atoms with van der Waals surface area (Å²) in [5, 5.41) is 4.54. The topological polar surface area (TPSA) is 35.6 Å². The molecule has 0 radical (unpaired) electrons. The molecule has 2 aliphatic rings. The summed E-state index contributed by atoms with van der Waals surface area (Å²) in [6.45, 7) is 3.04. The molecule has 3 rings (SSSR count). The van der Waals surface area contributed by atoms with Crippen molar-refractivity contribution in [2.24, 2.45) is 5.92 Å². The molecule has 0 unspecified atom stereocenters. The molecule has 1 saturated heterocycles. The Kier molecular flexibility index (Phi) is 5.95. The van der Waals surface area contributed by atoms with Crippen LogP contribution in [-0.4, -0.2) is 47.0 Å². The van der Waals surface area contributed by atoms with Crippen LogP contribution >= 0.6 is 23.8 Å². The third-order valence-electron chi connectivity index (χ3n) is 4.95. The Hall–Kier alpha value is -1.33. The maximum absolute atomic E-state index is 12.6. The number of nitrogens with one attached hydrogen (secondary N) is 1. The highest BCUT2D eigenvalue weighted by Gasteiger charge is 2.29. The van der Waals surface area contributed by atoms with Crippen LogP contribution in [0.3, 0.4) is 0 Å². The van der Waals surface area contributed by atoms with E-state index in [-0.39, 0.29) is 5.92 Å². The largest absolute Gasteiger partial charge is 0.345 e. The molecule has 1 aromatic rings. The second-order valence-electron chi connectivity index (χ2n) is 6.56. The van der Waals surface area contributed by atoms with Gasteiger partial charge in [-0.1, -0.05) is 43.0 Å². The fourth-order valence-corrected chi connectivity index (χ4v) is 3.97. The second-order valence-corrected chi connectivity index (χ2v) is 7.35. The highest BCUT2D eigenvalue weighted by atomic mass is 35.5. The zero-order valence-corrected chi connectivity index (χ0v) is 15.4. The molecule has 1 aromatic carbocycles. The number of anilines is 1. The first-order valence-electron chi connectivity index (χ1n) is 8.74. The van der Waals surface area contributed by atoms with Crippen molar-refractivity contribution in [3.05, 3.63) is 29.3 Å². The van der Waals surface area contributed by atoms with Crippen LogP contribution in [0, 0.1) is 5.92 Å². The van der Waals surface area contributed by atoms with Crippen molar-refractivity contribution >= 4 is 40.5 Å². The highest BCUT2D eigenvalue weighted by Crippen LogP contribution is 2.26. The lowest BCUT2D eigenvalue weighted by atomic mass is 9.88. The van der Waals surface area contributed by atoms with Crippen LogP contribution in [0.25, 0.3) is 0 Å². The molecule has 4 nitrogen and oxygen atoms in total. The lowest BCUT2D eigenvalue weighted by molar-refractivity contribution is -0.137. The summed E-state index contributed by atoms with van der Waals surface area (Å²) in [5.74, 6) is 0.595. The molecule has 0 bridgehead atoms. The van der Waals surface area contributed by atoms with Crippen LogP contribution < -0.4 is 5.32 Å². The predicted octanol–water partition coefficient (Wildman–Crippen LogP) is 3.76. The van der Waals surface area contributed by atoms with Gasteiger partial charge in [0.25, 0.3) is 0 Å². The van der Waals surface area contributed by atoms with Crippen molar-refractivity contribution in [3.63, 3.8) is 0 Å². The normalized spacial score (nSPS) is 19.2. The van der Waals surface area contributed by atoms with Crippen LogP contribution in [-0.2, 0) is 4.79 Å². The molecule has 0 spiro atoms. The maximum Gasteiger partial charge on any atom is 0.225 e. The molecule has 1 amide bonds. The number of para-hydroxylation sites is 1. The van der Waals surface area contributed by atoms with Crippen molar-refractivity contribution in [2.75, 3.05) is 31.5 Å². The first-order chi connectivity index (χ1) is 11.6. The summed E-state index contributed by atoms with van der Waals surface area (Å²) in [6.07, 6.45) is 5.79. The van der Waals surface area contributed by atoms with E-state index in [4.69, 9.17) is 23.8 Å². The first kappa shape index (κ1) is 17.5. The highest BCUT2D eigenvalue weighted by molar-refractivity contribution is 7.80. The lowest BCUT2D eigenvalue weighted by Crippen LogP contribution is -2.53. The predicted molar refractivity (Wildman–Crippen MR) is 102 cm³/mol. The molecule has 0 atom stereocenters. The van der Waals surface area contributed by atoms with E-state index in [1.165, 1.54) is 19.3 Å². The van der Waals surface area contributed by atoms with Gasteiger partial charge >= 0.3 is 0 Å². The fraction of sp³-hybridized carbons (Fsp3) is 0.556. The van der Waals surface area contributed by atoms with Gasteiger partial charge in [0, 0.05) is 32.1 Å². The number of benzene rings is 1. The number of nitrogens with zero attached hydrogens (tertiary/aromatic N) is 2. The molecule has 1 aliphatic carbocycles. The minimum absolute atomic E-state index is 0.249. The Morgan fingerprint density at radius 2 is 1.67 bits per heavy atom. The number of rotatable bonds is 2. The molecule has 2 fully saturated rings. The fourth-order valence-electron chi connectivity index (χ4n) is 3.49. The van der Waals surface area contributed by atoms with E-state index in [0.29, 0.717) is 16.0 Å². The summed E-state index contributed by atoms with van der Waals surface area (Å²) in [6, 6.07) is 7.58. The molecule has 1 aliphatic heterocycles. The molecular weight excluding hydrogens is 342 g/mol. The molecular formula is C18H24ClN3OS. The van der Waals surface area contributed by atoms with Crippen molar-refractivity contribution < 1.29 is 4.79 Å². The Balaban J connectivity index is 1.50. The third kappa shape index (κ3) is 4.19. The zero-order valence-electron chi connectivity index (χ0n) is 13.8. The van der Waals surface area contributed by atoms with Gasteiger partial charge in [-0.15, -0.1) is 0 Å². The minimum Gasteiger partial charge on any atom is -0.345 e. The second kappa shape index (κ2) is 8.17. The molecule has 1 heterocycles. The molecule has 1 N–H and O–H groups in total. The van der Waals surface area contributed by atoms with Gasteiger partial charge in [0.05, 0.1) is 10.7 Å². The van der Waals surface area contributed by atoms with E-state index < -0.39 is 0 Å². The minimum atomic E-state index is 0.249. The van der Waals surface area contributed by atoms with Gasteiger partial charge < -0.3 is 15.1 Å². The zero-order chi connectivity index (χ0) is 16.9. The van der Waals surface area contributed by atoms with E-state index >= 15 is 0 Å². The lowest BCUT2D eigenvalue weighted by Gasteiger charge is -2.38. The van der Waals surface area contributed by atoms with Gasteiger partial charge in [0.15, 0.2) is 5.11 Å². The number of piperazine rings is 1. The summed E-state index contributed by atoms with van der Waals surface area (Å²) in [7, 11) is 0. The number of carbonyl (C=O) groups excluding carboxylic acids is 1. The number of hydrogen-bond acceptors (Lipinski definition) is 2. The third-order valence-corrected chi connectivity index (χ3v) is 5.64. The van der Waals surface area contributed by atoms with E-state index in [1.807, 2.05) is 29.2 Å². The number of halogens is 1. The van der Waals surface area contributed by atoms with Crippen LogP contribution in [0.5, 0.6) is 0 Å². The number of amides is 1. The van der Waals surface area contributed by atoms with E-state index in [2.05, 4.69) is 10.2 Å². The summed E-state index contributed by atoms with van der Waals surface area (Å²) < 4.78 is 0. The Morgan fingerprint density at radius 1 is 1.04 bits per heavy atom. The smallest absolute Gasteiger partial charge is 0.225 e. The van der Waals surface area contributed by atoms with Crippen LogP contribution in [0.15, 0.2) is 24.3 Å². The summed E-state index contributed by atoms with van der Waals surface area (Å²) in [5.41, 5.74) is 0.824. The van der Waals surface area contributed by atoms with Gasteiger partial charge in [0.1, 0.15) is 0 Å². The molecule has 6 heteroatoms. The van der Waals surface area contributed by atoms with Crippen LogP contribution in [0.4, 0.5) is 5.69 Å².